The zero-order valence-electron chi connectivity index (χ0n) is 24.9. The topological polar surface area (TPSA) is 6.48 Å². The van der Waals surface area contributed by atoms with Gasteiger partial charge in [0.25, 0.3) is 0 Å². The summed E-state index contributed by atoms with van der Waals surface area (Å²) in [6.07, 6.45) is 38.3. The number of hydrogen-bond donors (Lipinski definition) is 0. The first-order chi connectivity index (χ1) is 17.2. The van der Waals surface area contributed by atoms with Gasteiger partial charge in [-0.05, 0) is 18.8 Å². The van der Waals surface area contributed by atoms with E-state index in [0.29, 0.717) is 12.1 Å². The predicted octanol–water partition coefficient (Wildman–Crippen LogP) is 11.1. The van der Waals surface area contributed by atoms with Gasteiger partial charge in [-0.25, -0.2) is 0 Å². The van der Waals surface area contributed by atoms with Crippen molar-refractivity contribution in [2.24, 2.45) is 5.92 Å². The Hall–Kier alpha value is -0.660. The normalized spacial score (nSPS) is 15.7. The van der Waals surface area contributed by atoms with E-state index in [4.69, 9.17) is 0 Å². The van der Waals surface area contributed by atoms with Crippen LogP contribution < -0.4 is 0 Å². The van der Waals surface area contributed by atoms with E-state index in [1.165, 1.54) is 161 Å². The molecule has 0 N–H and O–H groups in total. The molecule has 0 saturated carbocycles. The monoisotopic (exact) mass is 491 g/mol. The Balaban J connectivity index is 1.96. The minimum absolute atomic E-state index is 0.589. The van der Waals surface area contributed by atoms with Crippen LogP contribution in [0.1, 0.15) is 175 Å². The number of unbranched alkanes of at least 4 members (excludes halogenated alkanes) is 21. The van der Waals surface area contributed by atoms with Crippen molar-refractivity contribution in [1.82, 2.24) is 9.80 Å². The first-order valence-electron chi connectivity index (χ1n) is 16.4. The zero-order valence-corrected chi connectivity index (χ0v) is 24.9. The van der Waals surface area contributed by atoms with E-state index < -0.39 is 0 Å². The van der Waals surface area contributed by atoms with Gasteiger partial charge in [0.1, 0.15) is 6.17 Å². The molecule has 1 aliphatic heterocycles. The summed E-state index contributed by atoms with van der Waals surface area (Å²) in [7, 11) is 0. The number of hydrogen-bond acceptors (Lipinski definition) is 2. The van der Waals surface area contributed by atoms with Crippen LogP contribution in [0.25, 0.3) is 0 Å². The van der Waals surface area contributed by atoms with Crippen molar-refractivity contribution in [3.63, 3.8) is 0 Å². The lowest BCUT2D eigenvalue weighted by molar-refractivity contribution is 0.104. The van der Waals surface area contributed by atoms with Crippen LogP contribution >= 0.6 is 0 Å². The minimum Gasteiger partial charge on any atom is -0.356 e. The summed E-state index contributed by atoms with van der Waals surface area (Å²) in [4.78, 5) is 5.26. The minimum atomic E-state index is 0.589. The van der Waals surface area contributed by atoms with Crippen LogP contribution in [0.2, 0.25) is 0 Å². The van der Waals surface area contributed by atoms with E-state index in [-0.39, 0.29) is 0 Å². The van der Waals surface area contributed by atoms with Crippen LogP contribution in [0.15, 0.2) is 12.4 Å². The Morgan fingerprint density at radius 3 is 0.943 bits per heavy atom. The molecule has 0 aromatic rings. The highest BCUT2D eigenvalue weighted by atomic mass is 15.4. The van der Waals surface area contributed by atoms with E-state index in [1.807, 2.05) is 0 Å². The Morgan fingerprint density at radius 2 is 0.686 bits per heavy atom. The lowest BCUT2D eigenvalue weighted by Crippen LogP contribution is -2.43. The van der Waals surface area contributed by atoms with Gasteiger partial charge >= 0.3 is 0 Å². The molecule has 0 aromatic carbocycles. The highest BCUT2D eigenvalue weighted by molar-refractivity contribution is 4.98. The van der Waals surface area contributed by atoms with Gasteiger partial charge in [0.15, 0.2) is 0 Å². The third-order valence-corrected chi connectivity index (χ3v) is 8.02. The van der Waals surface area contributed by atoms with Gasteiger partial charge in [-0.3, -0.25) is 0 Å². The summed E-state index contributed by atoms with van der Waals surface area (Å²) in [6.45, 7) is 11.9. The average molecular weight is 491 g/mol. The summed E-state index contributed by atoms with van der Waals surface area (Å²) in [5, 5.41) is 0. The standard InChI is InChI=1S/C33H66N2/c1-5-7-9-11-13-14-15-16-17-18-19-20-21-23-25-27-29-35-31-30-34(33(35)32(3)4)28-26-24-22-12-10-8-6-2/h30-33H,5-29H2,1-4H3. The fourth-order valence-corrected chi connectivity index (χ4v) is 5.81. The molecular weight excluding hydrogens is 424 g/mol. The molecule has 208 valence electrons. The van der Waals surface area contributed by atoms with Gasteiger partial charge in [-0.2, -0.15) is 0 Å². The second-order valence-corrected chi connectivity index (χ2v) is 11.9. The quantitative estimate of drug-likeness (QED) is 0.111. The molecule has 1 rings (SSSR count). The Kier molecular flexibility index (Phi) is 21.9. The molecule has 1 aliphatic rings. The molecule has 0 amide bonds. The van der Waals surface area contributed by atoms with Gasteiger partial charge in [-0.15, -0.1) is 0 Å². The molecule has 0 aliphatic carbocycles. The molecule has 0 aromatic heterocycles. The molecule has 0 saturated heterocycles. The fraction of sp³-hybridized carbons (Fsp3) is 0.939. The number of nitrogens with zero attached hydrogens (tertiary/aromatic N) is 2. The van der Waals surface area contributed by atoms with Gasteiger partial charge in [0.2, 0.25) is 0 Å². The van der Waals surface area contributed by atoms with E-state index in [0.717, 1.165) is 0 Å². The highest BCUT2D eigenvalue weighted by Gasteiger charge is 2.28. The van der Waals surface area contributed by atoms with Crippen molar-refractivity contribution in [3.8, 4) is 0 Å². The van der Waals surface area contributed by atoms with Crippen LogP contribution in [0, 0.1) is 5.92 Å². The van der Waals surface area contributed by atoms with Gasteiger partial charge in [0, 0.05) is 25.5 Å². The highest BCUT2D eigenvalue weighted by Crippen LogP contribution is 2.24. The predicted molar refractivity (Wildman–Crippen MR) is 159 cm³/mol. The van der Waals surface area contributed by atoms with Crippen molar-refractivity contribution < 1.29 is 0 Å². The number of rotatable bonds is 26. The summed E-state index contributed by atoms with van der Waals surface area (Å²) < 4.78 is 0. The molecule has 0 fully saturated rings. The SMILES string of the molecule is CCCCCCCCCCCCCCCCCCN1C=CN(CCCCCCCCC)C1C(C)C. The molecule has 2 heteroatoms. The van der Waals surface area contributed by atoms with Crippen molar-refractivity contribution in [2.45, 2.75) is 182 Å². The van der Waals surface area contributed by atoms with Crippen molar-refractivity contribution in [1.29, 1.82) is 0 Å². The van der Waals surface area contributed by atoms with Crippen molar-refractivity contribution >= 4 is 0 Å². The summed E-state index contributed by atoms with van der Waals surface area (Å²) in [5.41, 5.74) is 0. The maximum absolute atomic E-state index is 2.63. The van der Waals surface area contributed by atoms with E-state index >= 15 is 0 Å². The Labute approximate surface area is 222 Å². The first-order valence-corrected chi connectivity index (χ1v) is 16.4. The maximum Gasteiger partial charge on any atom is 0.103 e. The first kappa shape index (κ1) is 32.4. The Bertz CT molecular complexity index is 458. The fourth-order valence-electron chi connectivity index (χ4n) is 5.81. The van der Waals surface area contributed by atoms with Gasteiger partial charge < -0.3 is 9.80 Å². The molecule has 1 heterocycles. The molecule has 0 bridgehead atoms. The summed E-state index contributed by atoms with van der Waals surface area (Å²) >= 11 is 0. The molecule has 0 radical (unpaired) electrons. The smallest absolute Gasteiger partial charge is 0.103 e. The molecule has 1 atom stereocenters. The summed E-state index contributed by atoms with van der Waals surface area (Å²) in [6, 6.07) is 0. The molecular formula is C33H66N2. The van der Waals surface area contributed by atoms with E-state index in [9.17, 15) is 0 Å². The zero-order chi connectivity index (χ0) is 25.4. The van der Waals surface area contributed by atoms with Crippen LogP contribution in [-0.4, -0.2) is 29.1 Å². The lowest BCUT2D eigenvalue weighted by Gasteiger charge is -2.36. The van der Waals surface area contributed by atoms with Gasteiger partial charge in [0.05, 0.1) is 0 Å². The molecule has 35 heavy (non-hydrogen) atoms. The Morgan fingerprint density at radius 1 is 0.429 bits per heavy atom. The second-order valence-electron chi connectivity index (χ2n) is 11.9. The van der Waals surface area contributed by atoms with Crippen LogP contribution in [0.4, 0.5) is 0 Å². The molecule has 1 unspecified atom stereocenters. The van der Waals surface area contributed by atoms with Crippen LogP contribution in [0.5, 0.6) is 0 Å². The van der Waals surface area contributed by atoms with Crippen LogP contribution in [0.3, 0.4) is 0 Å². The van der Waals surface area contributed by atoms with Crippen molar-refractivity contribution in [2.75, 3.05) is 13.1 Å². The second kappa shape index (κ2) is 23.7. The third kappa shape index (κ3) is 17.4. The maximum atomic E-state index is 2.63. The lowest BCUT2D eigenvalue weighted by atomic mass is 10.0. The largest absolute Gasteiger partial charge is 0.356 e. The van der Waals surface area contributed by atoms with Gasteiger partial charge in [-0.1, -0.05) is 163 Å². The van der Waals surface area contributed by atoms with Crippen molar-refractivity contribution in [3.05, 3.63) is 12.4 Å². The van der Waals surface area contributed by atoms with E-state index in [2.05, 4.69) is 49.9 Å². The van der Waals surface area contributed by atoms with Crippen LogP contribution in [-0.2, 0) is 0 Å². The third-order valence-electron chi connectivity index (χ3n) is 8.02. The molecule has 2 nitrogen and oxygen atoms in total. The van der Waals surface area contributed by atoms with E-state index in [1.54, 1.807) is 0 Å². The molecule has 0 spiro atoms. The summed E-state index contributed by atoms with van der Waals surface area (Å²) in [5.74, 6) is 0.690. The average Bonchev–Trinajstić information content (AvgIpc) is 3.26.